The number of hydrogen-bond donors (Lipinski definition) is 2. The van der Waals surface area contributed by atoms with Gasteiger partial charge in [0.05, 0.1) is 0 Å². The summed E-state index contributed by atoms with van der Waals surface area (Å²) in [6.07, 6.45) is 3.27. The Hall–Kier alpha value is -1.35. The van der Waals surface area contributed by atoms with E-state index in [-0.39, 0.29) is 5.82 Å². The van der Waals surface area contributed by atoms with Crippen LogP contribution in [0.25, 0.3) is 10.9 Å². The molecule has 90 valence electrons. The van der Waals surface area contributed by atoms with E-state index in [4.69, 9.17) is 0 Å². The molecule has 0 bridgehead atoms. The van der Waals surface area contributed by atoms with Crippen molar-refractivity contribution < 1.29 is 4.39 Å². The average Bonchev–Trinajstić information content (AvgIpc) is 2.69. The number of aromatic amines is 1. The van der Waals surface area contributed by atoms with Crippen LogP contribution in [0.4, 0.5) is 4.39 Å². The van der Waals surface area contributed by atoms with Crippen molar-refractivity contribution in [3.63, 3.8) is 0 Å². The predicted octanol–water partition coefficient (Wildman–Crippen LogP) is 3.29. The van der Waals surface area contributed by atoms with Gasteiger partial charge in [-0.25, -0.2) is 4.39 Å². The van der Waals surface area contributed by atoms with E-state index in [1.165, 1.54) is 17.3 Å². The van der Waals surface area contributed by atoms with Crippen molar-refractivity contribution in [3.05, 3.63) is 35.3 Å². The quantitative estimate of drug-likeness (QED) is 0.817. The number of nitrogens with one attached hydrogen (secondary N) is 2. The van der Waals surface area contributed by atoms with E-state index in [0.717, 1.165) is 36.7 Å². The van der Waals surface area contributed by atoms with Crippen LogP contribution in [0, 0.1) is 5.82 Å². The van der Waals surface area contributed by atoms with Gasteiger partial charge in [0.1, 0.15) is 5.82 Å². The molecule has 0 fully saturated rings. The third-order valence-corrected chi connectivity index (χ3v) is 3.59. The Bertz CT molecular complexity index is 544. The molecule has 1 aromatic heterocycles. The van der Waals surface area contributed by atoms with Crippen molar-refractivity contribution in [1.29, 1.82) is 0 Å². The first-order chi connectivity index (χ1) is 8.29. The number of H-pyrrole nitrogens is 1. The minimum Gasteiger partial charge on any atom is -0.357 e. The van der Waals surface area contributed by atoms with Gasteiger partial charge in [0.2, 0.25) is 0 Å². The van der Waals surface area contributed by atoms with Crippen LogP contribution in [0.5, 0.6) is 0 Å². The molecule has 17 heavy (non-hydrogen) atoms. The Morgan fingerprint density at radius 1 is 1.41 bits per heavy atom. The van der Waals surface area contributed by atoms with Gasteiger partial charge < -0.3 is 10.3 Å². The lowest BCUT2D eigenvalue weighted by molar-refractivity contribution is 0.464. The third-order valence-electron chi connectivity index (χ3n) is 3.59. The summed E-state index contributed by atoms with van der Waals surface area (Å²) in [5, 5.41) is 4.58. The minimum atomic E-state index is -0.148. The Morgan fingerprint density at radius 3 is 3.12 bits per heavy atom. The molecule has 1 aliphatic rings. The second-order valence-electron chi connectivity index (χ2n) is 4.75. The molecule has 0 spiro atoms. The summed E-state index contributed by atoms with van der Waals surface area (Å²) >= 11 is 0. The zero-order chi connectivity index (χ0) is 11.8. The Balaban J connectivity index is 2.15. The maximum atomic E-state index is 13.3. The number of aromatic nitrogens is 1. The van der Waals surface area contributed by atoms with Gasteiger partial charge in [0, 0.05) is 22.6 Å². The molecule has 0 radical (unpaired) electrons. The smallest absolute Gasteiger partial charge is 0.123 e. The molecule has 0 saturated carbocycles. The summed E-state index contributed by atoms with van der Waals surface area (Å²) in [5.41, 5.74) is 3.62. The van der Waals surface area contributed by atoms with E-state index < -0.39 is 0 Å². The average molecular weight is 232 g/mol. The van der Waals surface area contributed by atoms with Crippen molar-refractivity contribution in [2.45, 2.75) is 32.2 Å². The molecule has 3 heteroatoms. The second kappa shape index (κ2) is 4.15. The molecule has 2 nitrogen and oxygen atoms in total. The minimum absolute atomic E-state index is 0.148. The van der Waals surface area contributed by atoms with Gasteiger partial charge in [-0.3, -0.25) is 0 Å². The zero-order valence-corrected chi connectivity index (χ0v) is 10.0. The normalized spacial score (nSPS) is 19.5. The van der Waals surface area contributed by atoms with E-state index in [1.54, 1.807) is 6.07 Å². The van der Waals surface area contributed by atoms with E-state index in [0.29, 0.717) is 6.04 Å². The molecule has 1 aromatic carbocycles. The first-order valence-corrected chi connectivity index (χ1v) is 6.33. The van der Waals surface area contributed by atoms with Crippen LogP contribution in [0.1, 0.15) is 37.1 Å². The van der Waals surface area contributed by atoms with Crippen LogP contribution in [-0.4, -0.2) is 11.5 Å². The van der Waals surface area contributed by atoms with Crippen LogP contribution in [0.3, 0.4) is 0 Å². The number of rotatable bonds is 2. The topological polar surface area (TPSA) is 27.8 Å². The number of benzene rings is 1. The lowest BCUT2D eigenvalue weighted by Gasteiger charge is -2.23. The van der Waals surface area contributed by atoms with Crippen molar-refractivity contribution in [1.82, 2.24) is 10.3 Å². The van der Waals surface area contributed by atoms with E-state index >= 15 is 0 Å². The van der Waals surface area contributed by atoms with E-state index in [2.05, 4.69) is 17.2 Å². The highest BCUT2D eigenvalue weighted by Gasteiger charge is 2.23. The van der Waals surface area contributed by atoms with Gasteiger partial charge in [-0.1, -0.05) is 13.3 Å². The Labute approximate surface area is 100 Å². The number of halogens is 1. The van der Waals surface area contributed by atoms with E-state index in [9.17, 15) is 4.39 Å². The molecule has 1 aliphatic heterocycles. The highest BCUT2D eigenvalue weighted by atomic mass is 19.1. The molecule has 3 rings (SSSR count). The molecule has 0 saturated heterocycles. The maximum absolute atomic E-state index is 13.3. The van der Waals surface area contributed by atoms with Gasteiger partial charge in [-0.05, 0) is 43.1 Å². The molecule has 0 amide bonds. The van der Waals surface area contributed by atoms with Gasteiger partial charge in [0.25, 0.3) is 0 Å². The molecule has 1 atom stereocenters. The first kappa shape index (κ1) is 10.8. The monoisotopic (exact) mass is 232 g/mol. The molecular formula is C14H17FN2. The SMILES string of the molecule is CCCC1NCCc2c1[nH]c1ccc(F)cc21. The fourth-order valence-electron chi connectivity index (χ4n) is 2.82. The van der Waals surface area contributed by atoms with Crippen molar-refractivity contribution in [2.75, 3.05) is 6.54 Å². The summed E-state index contributed by atoms with van der Waals surface area (Å²) in [6, 6.07) is 5.41. The molecule has 1 unspecified atom stereocenters. The van der Waals surface area contributed by atoms with E-state index in [1.807, 2.05) is 6.07 Å². The summed E-state index contributed by atoms with van der Waals surface area (Å²) in [5.74, 6) is -0.148. The lowest BCUT2D eigenvalue weighted by Crippen LogP contribution is -2.29. The standard InChI is InChI=1S/C14H17FN2/c1-2-3-13-14-10(6-7-16-13)11-8-9(15)4-5-12(11)17-14/h4-5,8,13,16-17H,2-3,6-7H2,1H3. The maximum Gasteiger partial charge on any atom is 0.123 e. The molecule has 0 aliphatic carbocycles. The Kier molecular flexibility index (Phi) is 2.63. The van der Waals surface area contributed by atoms with Gasteiger partial charge in [0.15, 0.2) is 0 Å². The highest BCUT2D eigenvalue weighted by molar-refractivity contribution is 5.85. The van der Waals surface area contributed by atoms with Crippen LogP contribution < -0.4 is 5.32 Å². The largest absolute Gasteiger partial charge is 0.357 e. The van der Waals surface area contributed by atoms with Gasteiger partial charge >= 0.3 is 0 Å². The van der Waals surface area contributed by atoms with Crippen molar-refractivity contribution in [2.24, 2.45) is 0 Å². The molecule has 2 heterocycles. The van der Waals surface area contributed by atoms with Crippen LogP contribution in [-0.2, 0) is 6.42 Å². The zero-order valence-electron chi connectivity index (χ0n) is 10.0. The molecular weight excluding hydrogens is 215 g/mol. The second-order valence-corrected chi connectivity index (χ2v) is 4.75. The lowest BCUT2D eigenvalue weighted by atomic mass is 9.97. The molecule has 2 N–H and O–H groups in total. The fraction of sp³-hybridized carbons (Fsp3) is 0.429. The predicted molar refractivity (Wildman–Crippen MR) is 67.6 cm³/mol. The van der Waals surface area contributed by atoms with Crippen LogP contribution in [0.15, 0.2) is 18.2 Å². The summed E-state index contributed by atoms with van der Waals surface area (Å²) in [6.45, 7) is 3.18. The fourth-order valence-corrected chi connectivity index (χ4v) is 2.82. The van der Waals surface area contributed by atoms with Crippen molar-refractivity contribution >= 4 is 10.9 Å². The van der Waals surface area contributed by atoms with Crippen molar-refractivity contribution in [3.8, 4) is 0 Å². The Morgan fingerprint density at radius 2 is 2.29 bits per heavy atom. The summed E-state index contributed by atoms with van der Waals surface area (Å²) in [4.78, 5) is 3.45. The van der Waals surface area contributed by atoms with Gasteiger partial charge in [-0.2, -0.15) is 0 Å². The summed E-state index contributed by atoms with van der Waals surface area (Å²) in [7, 11) is 0. The first-order valence-electron chi connectivity index (χ1n) is 6.33. The van der Waals surface area contributed by atoms with Crippen LogP contribution >= 0.6 is 0 Å². The summed E-state index contributed by atoms with van der Waals surface area (Å²) < 4.78 is 13.3. The number of hydrogen-bond acceptors (Lipinski definition) is 1. The third kappa shape index (κ3) is 1.75. The van der Waals surface area contributed by atoms with Crippen LogP contribution in [0.2, 0.25) is 0 Å². The molecule has 2 aromatic rings. The highest BCUT2D eigenvalue weighted by Crippen LogP contribution is 2.32. The van der Waals surface area contributed by atoms with Gasteiger partial charge in [-0.15, -0.1) is 0 Å². The number of fused-ring (bicyclic) bond motifs is 3.